The lowest BCUT2D eigenvalue weighted by Gasteiger charge is -2.32. The number of rotatable bonds is 5. The number of amides is 1. The number of carbonyl (C=O) groups excluding carboxylic acids is 1. The van der Waals surface area contributed by atoms with Crippen molar-refractivity contribution in [3.05, 3.63) is 41.6 Å². The number of fused-ring (bicyclic) bond motifs is 1. The maximum atomic E-state index is 12.6. The summed E-state index contributed by atoms with van der Waals surface area (Å²) in [6.45, 7) is 2.67. The average molecular weight is 315 g/mol. The Labute approximate surface area is 135 Å². The third kappa shape index (κ3) is 2.91. The molecule has 1 atom stereocenters. The number of hydrogen-bond donors (Lipinski definition) is 0. The van der Waals surface area contributed by atoms with Gasteiger partial charge in [0.15, 0.2) is 5.76 Å². The van der Waals surface area contributed by atoms with Crippen LogP contribution in [0.25, 0.3) is 0 Å². The Morgan fingerprint density at radius 2 is 2.30 bits per heavy atom. The fourth-order valence-electron chi connectivity index (χ4n) is 3.27. The van der Waals surface area contributed by atoms with Crippen LogP contribution in [0.5, 0.6) is 0 Å². The van der Waals surface area contributed by atoms with Crippen molar-refractivity contribution < 1.29 is 13.9 Å². The van der Waals surface area contributed by atoms with Crippen molar-refractivity contribution in [1.82, 2.24) is 14.7 Å². The molecule has 2 aromatic rings. The Morgan fingerprint density at radius 3 is 3.04 bits per heavy atom. The summed E-state index contributed by atoms with van der Waals surface area (Å²) in [6.07, 6.45) is 5.95. The van der Waals surface area contributed by atoms with Gasteiger partial charge in [0.05, 0.1) is 24.8 Å². The molecule has 0 aromatic carbocycles. The molecule has 6 heteroatoms. The molecule has 122 valence electrons. The van der Waals surface area contributed by atoms with Gasteiger partial charge in [-0.05, 0) is 30.9 Å². The Balaban J connectivity index is 1.51. The van der Waals surface area contributed by atoms with Crippen LogP contribution in [0.1, 0.15) is 40.6 Å². The van der Waals surface area contributed by atoms with Crippen molar-refractivity contribution >= 4 is 5.91 Å². The van der Waals surface area contributed by atoms with Gasteiger partial charge in [-0.25, -0.2) is 0 Å². The summed E-state index contributed by atoms with van der Waals surface area (Å²) in [7, 11) is 1.96. The lowest BCUT2D eigenvalue weighted by molar-refractivity contribution is 0.0594. The lowest BCUT2D eigenvalue weighted by atomic mass is 9.96. The van der Waals surface area contributed by atoms with Crippen molar-refractivity contribution in [3.63, 3.8) is 0 Å². The molecule has 2 aromatic heterocycles. The zero-order valence-electron chi connectivity index (χ0n) is 13.3. The van der Waals surface area contributed by atoms with Gasteiger partial charge in [0, 0.05) is 38.2 Å². The standard InChI is InChI=1S/C17H21N3O3/c1-19-16-13(7-18-19)8-20(17(21)15-3-2-6-23-15)9-14(16)11-22-10-12-4-5-12/h2-3,6-7,12,14H,4-5,8-11H2,1H3. The Kier molecular flexibility index (Phi) is 3.69. The summed E-state index contributed by atoms with van der Waals surface area (Å²) >= 11 is 0. The van der Waals surface area contributed by atoms with E-state index in [1.165, 1.54) is 24.8 Å². The van der Waals surface area contributed by atoms with Crippen LogP contribution in [-0.4, -0.2) is 40.3 Å². The van der Waals surface area contributed by atoms with Gasteiger partial charge in [-0.2, -0.15) is 5.10 Å². The smallest absolute Gasteiger partial charge is 0.289 e. The monoisotopic (exact) mass is 315 g/mol. The van der Waals surface area contributed by atoms with E-state index in [4.69, 9.17) is 9.15 Å². The van der Waals surface area contributed by atoms with Crippen LogP contribution in [-0.2, 0) is 18.3 Å². The zero-order valence-corrected chi connectivity index (χ0v) is 13.3. The molecule has 0 radical (unpaired) electrons. The molecule has 6 nitrogen and oxygen atoms in total. The second-order valence-corrected chi connectivity index (χ2v) is 6.52. The molecule has 0 spiro atoms. The maximum Gasteiger partial charge on any atom is 0.289 e. The predicted molar refractivity (Wildman–Crippen MR) is 82.9 cm³/mol. The zero-order chi connectivity index (χ0) is 15.8. The van der Waals surface area contributed by atoms with E-state index >= 15 is 0 Å². The van der Waals surface area contributed by atoms with Crippen molar-refractivity contribution in [3.8, 4) is 0 Å². The first-order valence-electron chi connectivity index (χ1n) is 8.13. The first-order chi connectivity index (χ1) is 11.2. The van der Waals surface area contributed by atoms with Gasteiger partial charge in [0.1, 0.15) is 0 Å². The summed E-state index contributed by atoms with van der Waals surface area (Å²) in [5, 5.41) is 4.36. The van der Waals surface area contributed by atoms with E-state index in [9.17, 15) is 4.79 Å². The summed E-state index contributed by atoms with van der Waals surface area (Å²) in [6, 6.07) is 3.45. The van der Waals surface area contributed by atoms with Gasteiger partial charge >= 0.3 is 0 Å². The van der Waals surface area contributed by atoms with Gasteiger partial charge < -0.3 is 14.1 Å². The molecule has 23 heavy (non-hydrogen) atoms. The molecule has 2 aliphatic rings. The number of aromatic nitrogens is 2. The van der Waals surface area contributed by atoms with E-state index in [-0.39, 0.29) is 11.8 Å². The van der Waals surface area contributed by atoms with E-state index in [1.807, 2.05) is 22.8 Å². The highest BCUT2D eigenvalue weighted by molar-refractivity contribution is 5.91. The lowest BCUT2D eigenvalue weighted by Crippen LogP contribution is -2.40. The van der Waals surface area contributed by atoms with Crippen molar-refractivity contribution in [2.45, 2.75) is 25.3 Å². The number of aryl methyl sites for hydroxylation is 1. The first kappa shape index (κ1) is 14.5. The minimum Gasteiger partial charge on any atom is -0.459 e. The highest BCUT2D eigenvalue weighted by Gasteiger charge is 2.33. The van der Waals surface area contributed by atoms with Gasteiger partial charge in [0.25, 0.3) is 5.91 Å². The van der Waals surface area contributed by atoms with E-state index < -0.39 is 0 Å². The summed E-state index contributed by atoms with van der Waals surface area (Å²) < 4.78 is 13.1. The highest BCUT2D eigenvalue weighted by Crippen LogP contribution is 2.32. The number of carbonyl (C=O) groups is 1. The molecule has 0 N–H and O–H groups in total. The van der Waals surface area contributed by atoms with Gasteiger partial charge in [-0.3, -0.25) is 9.48 Å². The third-order valence-corrected chi connectivity index (χ3v) is 4.64. The highest BCUT2D eigenvalue weighted by atomic mass is 16.5. The van der Waals surface area contributed by atoms with Crippen molar-refractivity contribution in [2.24, 2.45) is 13.0 Å². The van der Waals surface area contributed by atoms with Crippen molar-refractivity contribution in [2.75, 3.05) is 19.8 Å². The van der Waals surface area contributed by atoms with Crippen LogP contribution < -0.4 is 0 Å². The quantitative estimate of drug-likeness (QED) is 0.848. The van der Waals surface area contributed by atoms with Crippen LogP contribution in [0.4, 0.5) is 0 Å². The summed E-state index contributed by atoms with van der Waals surface area (Å²) in [5.74, 6) is 1.21. The van der Waals surface area contributed by atoms with Gasteiger partial charge in [-0.15, -0.1) is 0 Å². The second kappa shape index (κ2) is 5.85. The molecule has 0 saturated heterocycles. The van der Waals surface area contributed by atoms with Crippen LogP contribution >= 0.6 is 0 Å². The van der Waals surface area contributed by atoms with Crippen molar-refractivity contribution in [1.29, 1.82) is 0 Å². The predicted octanol–water partition coefficient (Wildman–Crippen LogP) is 2.18. The fourth-order valence-corrected chi connectivity index (χ4v) is 3.27. The maximum absolute atomic E-state index is 12.6. The van der Waals surface area contributed by atoms with E-state index in [0.717, 1.165) is 18.1 Å². The molecule has 1 unspecified atom stereocenters. The third-order valence-electron chi connectivity index (χ3n) is 4.64. The Morgan fingerprint density at radius 1 is 1.43 bits per heavy atom. The summed E-state index contributed by atoms with van der Waals surface area (Å²) in [5.41, 5.74) is 2.28. The molecule has 1 saturated carbocycles. The molecule has 1 amide bonds. The van der Waals surface area contributed by atoms with E-state index in [0.29, 0.717) is 25.5 Å². The van der Waals surface area contributed by atoms with Crippen LogP contribution in [0.3, 0.4) is 0 Å². The summed E-state index contributed by atoms with van der Waals surface area (Å²) in [4.78, 5) is 14.4. The van der Waals surface area contributed by atoms with Crippen LogP contribution in [0, 0.1) is 5.92 Å². The molecular weight excluding hydrogens is 294 g/mol. The minimum absolute atomic E-state index is 0.0725. The number of hydrogen-bond acceptors (Lipinski definition) is 4. The van der Waals surface area contributed by atoms with E-state index in [1.54, 1.807) is 12.1 Å². The Hall–Kier alpha value is -2.08. The van der Waals surface area contributed by atoms with Gasteiger partial charge in [0.2, 0.25) is 0 Å². The molecule has 4 rings (SSSR count). The molecule has 1 aliphatic heterocycles. The number of nitrogens with zero attached hydrogens (tertiary/aromatic N) is 3. The fraction of sp³-hybridized carbons (Fsp3) is 0.529. The number of ether oxygens (including phenoxy) is 1. The molecule has 3 heterocycles. The second-order valence-electron chi connectivity index (χ2n) is 6.52. The molecule has 1 fully saturated rings. The molecule has 1 aliphatic carbocycles. The first-order valence-corrected chi connectivity index (χ1v) is 8.13. The molecular formula is C17H21N3O3. The molecule has 0 bridgehead atoms. The van der Waals surface area contributed by atoms with Crippen LogP contribution in [0.15, 0.2) is 29.0 Å². The normalized spacial score (nSPS) is 20.6. The number of furan rings is 1. The minimum atomic E-state index is -0.0725. The van der Waals surface area contributed by atoms with Gasteiger partial charge in [-0.1, -0.05) is 0 Å². The van der Waals surface area contributed by atoms with Crippen LogP contribution in [0.2, 0.25) is 0 Å². The topological polar surface area (TPSA) is 60.5 Å². The largest absolute Gasteiger partial charge is 0.459 e. The average Bonchev–Trinajstić information content (AvgIpc) is 3.07. The van der Waals surface area contributed by atoms with E-state index in [2.05, 4.69) is 5.10 Å². The SMILES string of the molecule is Cn1ncc2c1C(COCC1CC1)CN(C(=O)c1ccco1)C2. The Bertz CT molecular complexity index is 688.